The Labute approximate surface area is 157 Å². The Hall–Kier alpha value is -2.27. The van der Waals surface area contributed by atoms with E-state index in [0.29, 0.717) is 12.1 Å². The van der Waals surface area contributed by atoms with Crippen LogP contribution in [0.2, 0.25) is 0 Å². The number of thioether (sulfide) groups is 1. The Morgan fingerprint density at radius 3 is 3.00 bits per heavy atom. The molecule has 5 heteroatoms. The minimum absolute atomic E-state index is 0.0107. The smallest absolute Gasteiger partial charge is 0.263 e. The Balaban J connectivity index is 1.92. The molecule has 4 rings (SSSR count). The summed E-state index contributed by atoms with van der Waals surface area (Å²) >= 11 is 1.66. The number of hydrogen-bond donors (Lipinski definition) is 0. The fourth-order valence-electron chi connectivity index (χ4n) is 3.58. The molecule has 1 aliphatic heterocycles. The number of unbranched alkanes of at least 4 members (excludes halogenated alkanes) is 1. The molecule has 0 saturated carbocycles. The molecule has 0 N–H and O–H groups in total. The van der Waals surface area contributed by atoms with Crippen molar-refractivity contribution < 1.29 is 4.74 Å². The molecule has 0 fully saturated rings. The molecule has 2 aromatic heterocycles. The van der Waals surface area contributed by atoms with Crippen molar-refractivity contribution in [3.8, 4) is 11.4 Å². The summed E-state index contributed by atoms with van der Waals surface area (Å²) in [6.45, 7) is 2.17. The van der Waals surface area contributed by atoms with Gasteiger partial charge in [-0.2, -0.15) is 0 Å². The van der Waals surface area contributed by atoms with Gasteiger partial charge in [0.1, 0.15) is 11.9 Å². The molecule has 134 valence electrons. The first-order valence-corrected chi connectivity index (χ1v) is 10.3. The summed E-state index contributed by atoms with van der Waals surface area (Å²) in [6.07, 6.45) is 7.76. The van der Waals surface area contributed by atoms with E-state index in [1.54, 1.807) is 22.5 Å². The van der Waals surface area contributed by atoms with E-state index in [2.05, 4.69) is 11.9 Å². The van der Waals surface area contributed by atoms with E-state index in [0.717, 1.165) is 46.5 Å². The van der Waals surface area contributed by atoms with Crippen LogP contribution >= 0.6 is 11.8 Å². The number of aromatic nitrogens is 2. The van der Waals surface area contributed by atoms with Gasteiger partial charge in [-0.15, -0.1) is 11.8 Å². The first kappa shape index (κ1) is 17.2. The Morgan fingerprint density at radius 2 is 2.19 bits per heavy atom. The lowest BCUT2D eigenvalue weighted by Gasteiger charge is -2.13. The second kappa shape index (κ2) is 7.16. The average molecular weight is 366 g/mol. The molecule has 0 radical (unpaired) electrons. The second-order valence-electron chi connectivity index (χ2n) is 6.61. The highest BCUT2D eigenvalue weighted by atomic mass is 32.2. The van der Waals surface area contributed by atoms with Gasteiger partial charge in [0.25, 0.3) is 5.56 Å². The standard InChI is InChI=1S/C21H22N2O2S/c1-3-4-8-15-13-18-19(25-15)17-10-6-11-22-20(17)23(21(18)24)14-7-5-9-16(12-14)26-2/h5-7,9-12,15H,3-4,8,13H2,1-2H3. The molecule has 1 aromatic carbocycles. The molecular weight excluding hydrogens is 344 g/mol. The fourth-order valence-corrected chi connectivity index (χ4v) is 4.03. The van der Waals surface area contributed by atoms with Gasteiger partial charge in [0.2, 0.25) is 0 Å². The molecule has 1 aliphatic rings. The van der Waals surface area contributed by atoms with E-state index in [4.69, 9.17) is 4.74 Å². The molecule has 0 spiro atoms. The maximum atomic E-state index is 13.3. The fraction of sp³-hybridized carbons (Fsp3) is 0.333. The van der Waals surface area contributed by atoms with Crippen LogP contribution in [0.5, 0.6) is 5.75 Å². The molecule has 0 bridgehead atoms. The maximum Gasteiger partial charge on any atom is 0.263 e. The monoisotopic (exact) mass is 366 g/mol. The largest absolute Gasteiger partial charge is 0.489 e. The number of hydrogen-bond acceptors (Lipinski definition) is 4. The van der Waals surface area contributed by atoms with Gasteiger partial charge in [-0.1, -0.05) is 25.8 Å². The summed E-state index contributed by atoms with van der Waals surface area (Å²) in [5, 5.41) is 0.913. The number of rotatable bonds is 5. The summed E-state index contributed by atoms with van der Waals surface area (Å²) in [7, 11) is 0. The van der Waals surface area contributed by atoms with E-state index in [-0.39, 0.29) is 11.7 Å². The third-order valence-corrected chi connectivity index (χ3v) is 5.61. The van der Waals surface area contributed by atoms with Crippen molar-refractivity contribution in [2.75, 3.05) is 6.26 Å². The quantitative estimate of drug-likeness (QED) is 0.619. The van der Waals surface area contributed by atoms with Gasteiger partial charge in [-0.05, 0) is 43.0 Å². The highest BCUT2D eigenvalue weighted by Crippen LogP contribution is 2.35. The van der Waals surface area contributed by atoms with Crippen molar-refractivity contribution in [1.82, 2.24) is 9.55 Å². The first-order chi connectivity index (χ1) is 12.7. The molecule has 1 unspecified atom stereocenters. The van der Waals surface area contributed by atoms with Gasteiger partial charge in [-0.25, -0.2) is 4.98 Å². The minimum atomic E-state index is -0.0107. The van der Waals surface area contributed by atoms with E-state index in [9.17, 15) is 4.79 Å². The maximum absolute atomic E-state index is 13.3. The molecule has 1 atom stereocenters. The first-order valence-electron chi connectivity index (χ1n) is 9.06. The van der Waals surface area contributed by atoms with Crippen LogP contribution in [0.3, 0.4) is 0 Å². The van der Waals surface area contributed by atoms with Crippen LogP contribution in [0, 0.1) is 0 Å². The van der Waals surface area contributed by atoms with Gasteiger partial charge < -0.3 is 4.74 Å². The summed E-state index contributed by atoms with van der Waals surface area (Å²) in [4.78, 5) is 19.0. The molecular formula is C21H22N2O2S. The van der Waals surface area contributed by atoms with Crippen molar-refractivity contribution >= 4 is 22.8 Å². The number of nitrogens with zero attached hydrogens (tertiary/aromatic N) is 2. The average Bonchev–Trinajstić information content (AvgIpc) is 3.11. The van der Waals surface area contributed by atoms with Crippen LogP contribution < -0.4 is 10.3 Å². The lowest BCUT2D eigenvalue weighted by atomic mass is 10.1. The zero-order valence-electron chi connectivity index (χ0n) is 15.1. The van der Waals surface area contributed by atoms with E-state index >= 15 is 0 Å². The van der Waals surface area contributed by atoms with Crippen molar-refractivity contribution in [2.45, 2.75) is 43.6 Å². The van der Waals surface area contributed by atoms with Crippen molar-refractivity contribution in [3.63, 3.8) is 0 Å². The molecule has 26 heavy (non-hydrogen) atoms. The lowest BCUT2D eigenvalue weighted by molar-refractivity contribution is 0.219. The van der Waals surface area contributed by atoms with Crippen molar-refractivity contribution in [2.24, 2.45) is 0 Å². The number of pyridine rings is 2. The molecule has 0 amide bonds. The van der Waals surface area contributed by atoms with Gasteiger partial charge in [0.05, 0.1) is 16.6 Å². The predicted molar refractivity (Wildman–Crippen MR) is 107 cm³/mol. The van der Waals surface area contributed by atoms with Crippen LogP contribution in [0.4, 0.5) is 0 Å². The van der Waals surface area contributed by atoms with Crippen molar-refractivity contribution in [1.29, 1.82) is 0 Å². The second-order valence-corrected chi connectivity index (χ2v) is 7.49. The van der Waals surface area contributed by atoms with Gasteiger partial charge in [0.15, 0.2) is 5.65 Å². The van der Waals surface area contributed by atoms with Gasteiger partial charge in [0, 0.05) is 17.5 Å². The molecule has 0 aliphatic carbocycles. The summed E-state index contributed by atoms with van der Waals surface area (Å²) in [5.74, 6) is 0.733. The zero-order chi connectivity index (χ0) is 18.1. The van der Waals surface area contributed by atoms with Crippen LogP contribution in [-0.4, -0.2) is 21.9 Å². The number of benzene rings is 1. The molecule has 3 heterocycles. The normalized spacial score (nSPS) is 15.8. The third kappa shape index (κ3) is 2.90. The number of fused-ring (bicyclic) bond motifs is 3. The topological polar surface area (TPSA) is 44.1 Å². The molecule has 0 saturated heterocycles. The highest BCUT2D eigenvalue weighted by molar-refractivity contribution is 7.98. The highest BCUT2D eigenvalue weighted by Gasteiger charge is 2.29. The summed E-state index contributed by atoms with van der Waals surface area (Å²) in [6, 6.07) is 11.9. The van der Waals surface area contributed by atoms with E-state index in [1.807, 2.05) is 42.7 Å². The third-order valence-electron chi connectivity index (χ3n) is 4.89. The van der Waals surface area contributed by atoms with Crippen LogP contribution in [0.1, 0.15) is 31.7 Å². The van der Waals surface area contributed by atoms with Crippen molar-refractivity contribution in [3.05, 3.63) is 58.5 Å². The zero-order valence-corrected chi connectivity index (χ0v) is 15.9. The summed E-state index contributed by atoms with van der Waals surface area (Å²) < 4.78 is 7.92. The van der Waals surface area contributed by atoms with E-state index in [1.165, 1.54) is 0 Å². The number of ether oxygens (including phenoxy) is 1. The molecule has 3 aromatic rings. The van der Waals surface area contributed by atoms with Crippen LogP contribution in [0.15, 0.2) is 52.3 Å². The summed E-state index contributed by atoms with van der Waals surface area (Å²) in [5.41, 5.74) is 2.28. The Morgan fingerprint density at radius 1 is 1.31 bits per heavy atom. The molecule has 4 nitrogen and oxygen atoms in total. The predicted octanol–water partition coefficient (Wildman–Crippen LogP) is 4.60. The van der Waals surface area contributed by atoms with Gasteiger partial charge >= 0.3 is 0 Å². The Kier molecular flexibility index (Phi) is 4.72. The van der Waals surface area contributed by atoms with Crippen LogP contribution in [-0.2, 0) is 6.42 Å². The lowest BCUT2D eigenvalue weighted by Crippen LogP contribution is -2.23. The van der Waals surface area contributed by atoms with E-state index < -0.39 is 0 Å². The van der Waals surface area contributed by atoms with Crippen LogP contribution in [0.25, 0.3) is 16.7 Å². The Bertz CT molecular complexity index is 1010. The minimum Gasteiger partial charge on any atom is -0.489 e. The SMILES string of the molecule is CCCCC1Cc2c(c3cccnc3n(-c3cccc(SC)c3)c2=O)O1. The van der Waals surface area contributed by atoms with Gasteiger partial charge in [-0.3, -0.25) is 9.36 Å².